The van der Waals surface area contributed by atoms with Crippen molar-refractivity contribution in [3.63, 3.8) is 0 Å². The molecule has 0 atom stereocenters. The Labute approximate surface area is 202 Å². The van der Waals surface area contributed by atoms with Gasteiger partial charge in [-0.1, -0.05) is 40.2 Å². The second-order valence-electron chi connectivity index (χ2n) is 7.20. The molecule has 0 spiro atoms. The van der Waals surface area contributed by atoms with Crippen molar-refractivity contribution in [2.45, 2.75) is 20.0 Å². The van der Waals surface area contributed by atoms with E-state index in [1.165, 1.54) is 6.08 Å². The second kappa shape index (κ2) is 11.6. The van der Waals surface area contributed by atoms with Gasteiger partial charge in [-0.05, 0) is 49.8 Å². The Morgan fingerprint density at radius 2 is 1.73 bits per heavy atom. The van der Waals surface area contributed by atoms with Gasteiger partial charge >= 0.3 is 7.60 Å². The number of hydrogen-bond acceptors (Lipinski definition) is 5. The van der Waals surface area contributed by atoms with Crippen molar-refractivity contribution in [3.8, 4) is 11.3 Å². The molecule has 0 radical (unpaired) electrons. The molecule has 1 N–H and O–H groups in total. The first-order chi connectivity index (χ1) is 15.8. The Morgan fingerprint density at radius 3 is 2.33 bits per heavy atom. The molecule has 0 bridgehead atoms. The quantitative estimate of drug-likeness (QED) is 0.246. The molecule has 0 saturated carbocycles. The van der Waals surface area contributed by atoms with Crippen LogP contribution in [0.1, 0.15) is 25.0 Å². The minimum absolute atomic E-state index is 0.183. The lowest BCUT2D eigenvalue weighted by Gasteiger charge is -2.17. The number of amides is 1. The fourth-order valence-corrected chi connectivity index (χ4v) is 5.29. The van der Waals surface area contributed by atoms with Crippen LogP contribution in [0.3, 0.4) is 0 Å². The van der Waals surface area contributed by atoms with Gasteiger partial charge in [0.1, 0.15) is 0 Å². The lowest BCUT2D eigenvalue weighted by Crippen LogP contribution is -2.07. The van der Waals surface area contributed by atoms with Crippen LogP contribution in [-0.4, -0.2) is 28.9 Å². The molecule has 2 aromatic carbocycles. The van der Waals surface area contributed by atoms with Crippen molar-refractivity contribution < 1.29 is 18.4 Å². The van der Waals surface area contributed by atoms with E-state index in [1.54, 1.807) is 55.1 Å². The fraction of sp³-hybridized carbons (Fsp3) is 0.250. The van der Waals surface area contributed by atoms with Gasteiger partial charge in [-0.15, -0.1) is 0 Å². The first kappa shape index (κ1) is 25.1. The molecule has 0 fully saturated rings. The number of anilines is 1. The van der Waals surface area contributed by atoms with Gasteiger partial charge in [0, 0.05) is 34.4 Å². The molecular weight excluding hydrogens is 505 g/mol. The molecule has 33 heavy (non-hydrogen) atoms. The van der Waals surface area contributed by atoms with Crippen LogP contribution in [-0.2, 0) is 31.6 Å². The van der Waals surface area contributed by atoms with Gasteiger partial charge < -0.3 is 14.4 Å². The van der Waals surface area contributed by atoms with Gasteiger partial charge in [-0.3, -0.25) is 14.0 Å². The van der Waals surface area contributed by atoms with Crippen LogP contribution < -0.4 is 5.32 Å². The number of nitrogens with zero attached hydrogens (tertiary/aromatic N) is 2. The normalized spacial score (nSPS) is 11.8. The number of benzene rings is 2. The minimum Gasteiger partial charge on any atom is -0.323 e. The SMILES string of the molecule is CCOP(=O)(Cc1ccc(NC(=O)/C=C/c2cnn(C)c2-c2ccc(Br)cc2)cc1)OCC. The highest BCUT2D eigenvalue weighted by Crippen LogP contribution is 2.51. The summed E-state index contributed by atoms with van der Waals surface area (Å²) in [7, 11) is -1.30. The molecule has 7 nitrogen and oxygen atoms in total. The molecule has 0 aliphatic heterocycles. The summed E-state index contributed by atoms with van der Waals surface area (Å²) in [5, 5.41) is 7.16. The number of carbonyl (C=O) groups is 1. The zero-order valence-electron chi connectivity index (χ0n) is 18.8. The van der Waals surface area contributed by atoms with E-state index in [-0.39, 0.29) is 12.1 Å². The van der Waals surface area contributed by atoms with Crippen LogP contribution in [0.25, 0.3) is 17.3 Å². The summed E-state index contributed by atoms with van der Waals surface area (Å²) in [6, 6.07) is 15.1. The van der Waals surface area contributed by atoms with Crippen molar-refractivity contribution in [1.82, 2.24) is 9.78 Å². The number of nitrogens with one attached hydrogen (secondary N) is 1. The predicted octanol–water partition coefficient (Wildman–Crippen LogP) is 6.27. The van der Waals surface area contributed by atoms with E-state index in [4.69, 9.17) is 9.05 Å². The summed E-state index contributed by atoms with van der Waals surface area (Å²) in [4.78, 5) is 12.5. The maximum absolute atomic E-state index is 12.7. The predicted molar refractivity (Wildman–Crippen MR) is 135 cm³/mol. The molecule has 1 aromatic heterocycles. The highest BCUT2D eigenvalue weighted by Gasteiger charge is 2.23. The molecule has 174 valence electrons. The number of halogens is 1. The number of carbonyl (C=O) groups excluding carboxylic acids is 1. The molecule has 3 aromatic rings. The van der Waals surface area contributed by atoms with Gasteiger partial charge in [0.25, 0.3) is 0 Å². The lowest BCUT2D eigenvalue weighted by atomic mass is 10.1. The van der Waals surface area contributed by atoms with Crippen LogP contribution >= 0.6 is 23.5 Å². The third-order valence-electron chi connectivity index (χ3n) is 4.75. The highest BCUT2D eigenvalue weighted by molar-refractivity contribution is 9.10. The summed E-state index contributed by atoms with van der Waals surface area (Å²) in [6.07, 6.45) is 5.13. The summed E-state index contributed by atoms with van der Waals surface area (Å²) >= 11 is 3.44. The number of aryl methyl sites for hydroxylation is 1. The Balaban J connectivity index is 1.66. The maximum atomic E-state index is 12.7. The minimum atomic E-state index is -3.17. The molecule has 3 rings (SSSR count). The number of rotatable bonds is 10. The molecule has 0 aliphatic carbocycles. The second-order valence-corrected chi connectivity index (χ2v) is 10.2. The zero-order valence-corrected chi connectivity index (χ0v) is 21.3. The summed E-state index contributed by atoms with van der Waals surface area (Å²) < 4.78 is 26.1. The average Bonchev–Trinajstić information content (AvgIpc) is 3.15. The van der Waals surface area contributed by atoms with E-state index in [9.17, 15) is 9.36 Å². The third kappa shape index (κ3) is 6.98. The standard InChI is InChI=1S/C24H27BrN3O4P/c1-4-31-33(30,32-5-2)17-18-6-13-22(14-7-18)27-23(29)15-10-20-16-26-28(3)24(20)19-8-11-21(25)12-9-19/h6-16H,4-5,17H2,1-3H3,(H,27,29)/b15-10+. The van der Waals surface area contributed by atoms with Crippen LogP contribution in [0.2, 0.25) is 0 Å². The first-order valence-corrected chi connectivity index (χ1v) is 13.1. The molecule has 0 saturated heterocycles. The molecule has 0 unspecified atom stereocenters. The summed E-state index contributed by atoms with van der Waals surface area (Å²) in [5.41, 5.74) is 4.21. The van der Waals surface area contributed by atoms with Crippen LogP contribution in [0.4, 0.5) is 5.69 Å². The van der Waals surface area contributed by atoms with E-state index in [0.29, 0.717) is 18.9 Å². The van der Waals surface area contributed by atoms with Crippen molar-refractivity contribution in [2.24, 2.45) is 7.05 Å². The smallest absolute Gasteiger partial charge is 0.323 e. The Bertz CT molecular complexity index is 1150. The third-order valence-corrected chi connectivity index (χ3v) is 7.33. The maximum Gasteiger partial charge on any atom is 0.335 e. The van der Waals surface area contributed by atoms with E-state index in [2.05, 4.69) is 26.3 Å². The van der Waals surface area contributed by atoms with Crippen LogP contribution in [0.5, 0.6) is 0 Å². The first-order valence-electron chi connectivity index (χ1n) is 10.6. The van der Waals surface area contributed by atoms with Crippen molar-refractivity contribution >= 4 is 41.2 Å². The largest absolute Gasteiger partial charge is 0.335 e. The molecule has 1 heterocycles. The molecular formula is C24H27BrN3O4P. The van der Waals surface area contributed by atoms with E-state index in [0.717, 1.165) is 26.9 Å². The zero-order chi connectivity index (χ0) is 23.8. The molecule has 1 amide bonds. The topological polar surface area (TPSA) is 82.5 Å². The highest BCUT2D eigenvalue weighted by atomic mass is 79.9. The van der Waals surface area contributed by atoms with E-state index >= 15 is 0 Å². The number of hydrogen-bond donors (Lipinski definition) is 1. The van der Waals surface area contributed by atoms with Crippen molar-refractivity contribution in [3.05, 3.63) is 76.4 Å². The average molecular weight is 532 g/mol. The Kier molecular flexibility index (Phi) is 8.80. The van der Waals surface area contributed by atoms with Crippen LogP contribution in [0, 0.1) is 0 Å². The van der Waals surface area contributed by atoms with Gasteiger partial charge in [0.15, 0.2) is 0 Å². The Hall–Kier alpha value is -2.51. The van der Waals surface area contributed by atoms with E-state index in [1.807, 2.05) is 31.3 Å². The summed E-state index contributed by atoms with van der Waals surface area (Å²) in [5.74, 6) is -0.261. The Morgan fingerprint density at radius 1 is 1.09 bits per heavy atom. The van der Waals surface area contributed by atoms with Gasteiger partial charge in [0.05, 0.1) is 31.3 Å². The molecule has 0 aliphatic rings. The lowest BCUT2D eigenvalue weighted by molar-refractivity contribution is -0.111. The van der Waals surface area contributed by atoms with Crippen molar-refractivity contribution in [1.29, 1.82) is 0 Å². The molecule has 9 heteroatoms. The number of aromatic nitrogens is 2. The van der Waals surface area contributed by atoms with Gasteiger partial charge in [0.2, 0.25) is 5.91 Å². The van der Waals surface area contributed by atoms with Gasteiger partial charge in [-0.2, -0.15) is 5.10 Å². The fourth-order valence-electron chi connectivity index (χ4n) is 3.33. The van der Waals surface area contributed by atoms with Gasteiger partial charge in [-0.25, -0.2) is 0 Å². The summed E-state index contributed by atoms with van der Waals surface area (Å²) in [6.45, 7) is 4.20. The van der Waals surface area contributed by atoms with Crippen molar-refractivity contribution in [2.75, 3.05) is 18.5 Å². The monoisotopic (exact) mass is 531 g/mol. The van der Waals surface area contributed by atoms with Crippen LogP contribution in [0.15, 0.2) is 65.3 Å². The van der Waals surface area contributed by atoms with E-state index < -0.39 is 7.60 Å².